The van der Waals surface area contributed by atoms with Gasteiger partial charge >= 0.3 is 0 Å². The lowest BCUT2D eigenvalue weighted by atomic mass is 9.85. The summed E-state index contributed by atoms with van der Waals surface area (Å²) in [6.07, 6.45) is 10.4. The van der Waals surface area contributed by atoms with E-state index < -0.39 is 0 Å². The first-order valence-electron chi connectivity index (χ1n) is 12.4. The molecular formula is C29H27N3O4. The molecule has 6 rings (SSSR count). The fourth-order valence-corrected chi connectivity index (χ4v) is 5.91. The topological polar surface area (TPSA) is 78.0 Å². The number of rotatable bonds is 4. The van der Waals surface area contributed by atoms with E-state index in [0.717, 1.165) is 11.4 Å². The number of fused-ring (bicyclic) bond motifs is 2. The van der Waals surface area contributed by atoms with Gasteiger partial charge in [-0.05, 0) is 74.2 Å². The third-order valence-corrected chi connectivity index (χ3v) is 8.01. The van der Waals surface area contributed by atoms with Crippen LogP contribution in [0.1, 0.15) is 25.7 Å². The van der Waals surface area contributed by atoms with Crippen molar-refractivity contribution < 1.29 is 19.2 Å². The third-order valence-electron chi connectivity index (χ3n) is 8.01. The fourth-order valence-electron chi connectivity index (χ4n) is 5.91. The molecule has 182 valence electrons. The maximum absolute atomic E-state index is 12.9. The van der Waals surface area contributed by atoms with Crippen LogP contribution in [0.3, 0.4) is 0 Å². The molecule has 2 aliphatic carbocycles. The summed E-state index contributed by atoms with van der Waals surface area (Å²) in [5.41, 5.74) is 2.95. The van der Waals surface area contributed by atoms with Gasteiger partial charge in [0.2, 0.25) is 23.6 Å². The van der Waals surface area contributed by atoms with Gasteiger partial charge in [-0.3, -0.25) is 29.0 Å². The van der Waals surface area contributed by atoms with Crippen LogP contribution in [0.2, 0.25) is 0 Å². The number of carbonyl (C=O) groups excluding carboxylic acids is 4. The number of amides is 4. The number of imide groups is 2. The van der Waals surface area contributed by atoms with E-state index in [1.807, 2.05) is 60.5 Å². The molecule has 0 saturated carbocycles. The van der Waals surface area contributed by atoms with E-state index in [-0.39, 0.29) is 47.3 Å². The molecule has 0 radical (unpaired) electrons. The summed E-state index contributed by atoms with van der Waals surface area (Å²) >= 11 is 0. The highest BCUT2D eigenvalue weighted by atomic mass is 16.2. The van der Waals surface area contributed by atoms with Gasteiger partial charge in [0.05, 0.1) is 35.0 Å². The van der Waals surface area contributed by atoms with Crippen molar-refractivity contribution >= 4 is 46.4 Å². The van der Waals surface area contributed by atoms with Crippen LogP contribution in [-0.4, -0.2) is 30.7 Å². The van der Waals surface area contributed by atoms with Crippen LogP contribution < -0.4 is 14.7 Å². The number of allylic oxidation sites excluding steroid dienone is 4. The Morgan fingerprint density at radius 2 is 0.806 bits per heavy atom. The van der Waals surface area contributed by atoms with Gasteiger partial charge < -0.3 is 4.90 Å². The summed E-state index contributed by atoms with van der Waals surface area (Å²) in [4.78, 5) is 56.1. The average molecular weight is 482 g/mol. The van der Waals surface area contributed by atoms with Crippen molar-refractivity contribution in [3.63, 3.8) is 0 Å². The van der Waals surface area contributed by atoms with Crippen LogP contribution >= 0.6 is 0 Å². The smallest absolute Gasteiger partial charge is 0.238 e. The van der Waals surface area contributed by atoms with Gasteiger partial charge in [0.15, 0.2) is 0 Å². The molecule has 2 aromatic carbocycles. The maximum atomic E-state index is 12.9. The number of nitrogens with zero attached hydrogens (tertiary/aromatic N) is 3. The quantitative estimate of drug-likeness (QED) is 0.479. The second kappa shape index (κ2) is 8.59. The minimum atomic E-state index is -0.252. The molecule has 2 fully saturated rings. The van der Waals surface area contributed by atoms with E-state index in [4.69, 9.17) is 0 Å². The van der Waals surface area contributed by atoms with Crippen molar-refractivity contribution in [2.75, 3.05) is 21.7 Å². The van der Waals surface area contributed by atoms with Crippen LogP contribution in [0.15, 0.2) is 72.8 Å². The molecule has 0 N–H and O–H groups in total. The molecule has 2 heterocycles. The van der Waals surface area contributed by atoms with Crippen molar-refractivity contribution in [3.8, 4) is 0 Å². The highest BCUT2D eigenvalue weighted by Crippen LogP contribution is 2.40. The largest absolute Gasteiger partial charge is 0.345 e. The molecule has 2 saturated heterocycles. The lowest BCUT2D eigenvalue weighted by Gasteiger charge is -2.22. The molecule has 4 atom stereocenters. The second-order valence-electron chi connectivity index (χ2n) is 9.93. The maximum Gasteiger partial charge on any atom is 0.238 e. The Labute approximate surface area is 209 Å². The molecular weight excluding hydrogens is 454 g/mol. The van der Waals surface area contributed by atoms with E-state index in [1.54, 1.807) is 24.3 Å². The summed E-state index contributed by atoms with van der Waals surface area (Å²) in [5.74, 6) is -1.48. The van der Waals surface area contributed by atoms with Gasteiger partial charge in [-0.15, -0.1) is 0 Å². The van der Waals surface area contributed by atoms with Crippen LogP contribution in [0.4, 0.5) is 22.7 Å². The predicted molar refractivity (Wildman–Crippen MR) is 137 cm³/mol. The molecule has 0 spiro atoms. The number of hydrogen-bond acceptors (Lipinski definition) is 5. The highest BCUT2D eigenvalue weighted by Gasteiger charge is 2.48. The summed E-state index contributed by atoms with van der Waals surface area (Å²) in [7, 11) is 1.92. The zero-order valence-corrected chi connectivity index (χ0v) is 20.0. The van der Waals surface area contributed by atoms with Crippen LogP contribution in [0, 0.1) is 23.7 Å². The van der Waals surface area contributed by atoms with Gasteiger partial charge in [-0.25, -0.2) is 0 Å². The number of hydrogen-bond donors (Lipinski definition) is 0. The molecule has 2 aliphatic heterocycles. The summed E-state index contributed by atoms with van der Waals surface area (Å²) in [6, 6.07) is 14.8. The van der Waals surface area contributed by atoms with Gasteiger partial charge in [-0.2, -0.15) is 0 Å². The minimum Gasteiger partial charge on any atom is -0.345 e. The van der Waals surface area contributed by atoms with Crippen molar-refractivity contribution in [2.24, 2.45) is 23.7 Å². The van der Waals surface area contributed by atoms with E-state index in [1.165, 1.54) is 9.80 Å². The van der Waals surface area contributed by atoms with E-state index in [9.17, 15) is 19.2 Å². The first-order valence-corrected chi connectivity index (χ1v) is 12.4. The molecule has 7 nitrogen and oxygen atoms in total. The molecule has 36 heavy (non-hydrogen) atoms. The van der Waals surface area contributed by atoms with Crippen molar-refractivity contribution in [3.05, 3.63) is 72.8 Å². The summed E-state index contributed by atoms with van der Waals surface area (Å²) in [6.45, 7) is 0. The number of carbonyl (C=O) groups is 4. The Hall–Kier alpha value is -4.00. The first-order chi connectivity index (χ1) is 17.5. The number of anilines is 4. The normalized spacial score (nSPS) is 27.0. The summed E-state index contributed by atoms with van der Waals surface area (Å²) < 4.78 is 0. The van der Waals surface area contributed by atoms with E-state index >= 15 is 0 Å². The summed E-state index contributed by atoms with van der Waals surface area (Å²) in [5, 5.41) is 0. The Balaban J connectivity index is 1.18. The zero-order valence-electron chi connectivity index (χ0n) is 20.0. The monoisotopic (exact) mass is 481 g/mol. The van der Waals surface area contributed by atoms with Crippen LogP contribution in [-0.2, 0) is 19.2 Å². The minimum absolute atomic E-state index is 0.118. The molecule has 7 heteroatoms. The van der Waals surface area contributed by atoms with Gasteiger partial charge in [0.1, 0.15) is 0 Å². The van der Waals surface area contributed by atoms with Crippen LogP contribution in [0.5, 0.6) is 0 Å². The Bertz CT molecular complexity index is 1160. The zero-order chi connectivity index (χ0) is 25.0. The second-order valence-corrected chi connectivity index (χ2v) is 9.93. The predicted octanol–water partition coefficient (Wildman–Crippen LogP) is 4.37. The first kappa shape index (κ1) is 22.5. The van der Waals surface area contributed by atoms with Crippen molar-refractivity contribution in [1.82, 2.24) is 0 Å². The fraction of sp³-hybridized carbons (Fsp3) is 0.310. The van der Waals surface area contributed by atoms with Crippen molar-refractivity contribution in [1.29, 1.82) is 0 Å². The van der Waals surface area contributed by atoms with Gasteiger partial charge in [-0.1, -0.05) is 24.3 Å². The van der Waals surface area contributed by atoms with Gasteiger partial charge in [0, 0.05) is 18.4 Å². The van der Waals surface area contributed by atoms with Crippen molar-refractivity contribution in [2.45, 2.75) is 25.7 Å². The SMILES string of the molecule is CN(c1ccc(N2C(=O)C3CC=CCC3C2=O)cc1)c1ccc(N2C(=O)C3CC=CCC3C2=O)cc1. The molecule has 0 bridgehead atoms. The molecule has 2 aromatic rings. The highest BCUT2D eigenvalue weighted by molar-refractivity contribution is 6.23. The lowest BCUT2D eigenvalue weighted by Crippen LogP contribution is -2.31. The van der Waals surface area contributed by atoms with Gasteiger partial charge in [0.25, 0.3) is 0 Å². The Morgan fingerprint density at radius 1 is 0.528 bits per heavy atom. The molecule has 4 amide bonds. The number of benzene rings is 2. The Morgan fingerprint density at radius 3 is 1.08 bits per heavy atom. The molecule has 4 aliphatic rings. The van der Waals surface area contributed by atoms with E-state index in [2.05, 4.69) is 0 Å². The lowest BCUT2D eigenvalue weighted by molar-refractivity contribution is -0.124. The Kier molecular flexibility index (Phi) is 5.36. The van der Waals surface area contributed by atoms with E-state index in [0.29, 0.717) is 37.1 Å². The third kappa shape index (κ3) is 3.41. The standard InChI is InChI=1S/C29H27N3O4/c1-30(18-10-14-20(15-11-18)31-26(33)22-6-2-3-7-23(22)27(31)34)19-12-16-21(17-13-19)32-28(35)24-8-4-5-9-25(24)29(32)36/h2-5,10-17,22-25H,6-9H2,1H3. The molecule has 0 aromatic heterocycles. The molecule has 4 unspecified atom stereocenters. The average Bonchev–Trinajstić information content (AvgIpc) is 3.33. The van der Waals surface area contributed by atoms with Crippen LogP contribution in [0.25, 0.3) is 0 Å².